The Kier molecular flexibility index (Phi) is 3.62. The van der Waals surface area contributed by atoms with E-state index in [0.29, 0.717) is 6.61 Å². The van der Waals surface area contributed by atoms with Crippen molar-refractivity contribution in [3.63, 3.8) is 0 Å². The van der Waals surface area contributed by atoms with Crippen molar-refractivity contribution in [2.45, 2.75) is 19.3 Å². The average Bonchev–Trinajstić information content (AvgIpc) is 2.76. The van der Waals surface area contributed by atoms with Crippen LogP contribution in [0.3, 0.4) is 0 Å². The summed E-state index contributed by atoms with van der Waals surface area (Å²) < 4.78 is 7.06. The lowest BCUT2D eigenvalue weighted by Gasteiger charge is -2.24. The molecule has 4 nitrogen and oxygen atoms in total. The lowest BCUT2D eigenvalue weighted by molar-refractivity contribution is -0.151. The highest BCUT2D eigenvalue weighted by Gasteiger charge is 2.38. The monoisotopic (exact) mass is 261 g/mol. The number of carbonyl (C=O) groups is 1. The second-order valence-corrected chi connectivity index (χ2v) is 4.88. The van der Waals surface area contributed by atoms with Gasteiger partial charge in [0.05, 0.1) is 13.2 Å². The number of aliphatic hydroxyl groups excluding tert-OH is 1. The number of carbonyl (C=O) groups excluding carboxylic acids is 1. The van der Waals surface area contributed by atoms with Crippen molar-refractivity contribution in [1.29, 1.82) is 0 Å². The minimum absolute atomic E-state index is 0.278. The molecule has 2 aromatic rings. The van der Waals surface area contributed by atoms with Gasteiger partial charge in [-0.15, -0.1) is 0 Å². The van der Waals surface area contributed by atoms with Crippen LogP contribution in [0.25, 0.3) is 10.9 Å². The molecular weight excluding hydrogens is 242 g/mol. The van der Waals surface area contributed by atoms with Gasteiger partial charge < -0.3 is 14.4 Å². The predicted octanol–water partition coefficient (Wildman–Crippen LogP) is 1.99. The summed E-state index contributed by atoms with van der Waals surface area (Å²) in [4.78, 5) is 12.2. The van der Waals surface area contributed by atoms with Crippen LogP contribution in [0.15, 0.2) is 30.5 Å². The number of rotatable bonds is 4. The van der Waals surface area contributed by atoms with Gasteiger partial charge in [-0.25, -0.2) is 0 Å². The number of aromatic nitrogens is 1. The molecule has 0 fully saturated rings. The van der Waals surface area contributed by atoms with Crippen LogP contribution in [0.1, 0.15) is 19.4 Å². The number of hydrogen-bond donors (Lipinski definition) is 1. The first-order valence-electron chi connectivity index (χ1n) is 6.37. The summed E-state index contributed by atoms with van der Waals surface area (Å²) in [6.07, 6.45) is 1.89. The Bertz CT molecular complexity index is 602. The van der Waals surface area contributed by atoms with Crippen molar-refractivity contribution in [3.8, 4) is 0 Å². The summed E-state index contributed by atoms with van der Waals surface area (Å²) >= 11 is 0. The Morgan fingerprint density at radius 1 is 1.42 bits per heavy atom. The van der Waals surface area contributed by atoms with E-state index in [2.05, 4.69) is 0 Å². The molecule has 2 rings (SSSR count). The van der Waals surface area contributed by atoms with E-state index < -0.39 is 11.4 Å². The van der Waals surface area contributed by atoms with Gasteiger partial charge in [0.2, 0.25) is 0 Å². The molecule has 19 heavy (non-hydrogen) atoms. The smallest absolute Gasteiger partial charge is 0.318 e. The van der Waals surface area contributed by atoms with Gasteiger partial charge >= 0.3 is 5.97 Å². The molecule has 0 saturated carbocycles. The molecule has 4 heteroatoms. The molecule has 0 spiro atoms. The van der Waals surface area contributed by atoms with Gasteiger partial charge in [-0.1, -0.05) is 18.2 Å². The maximum Gasteiger partial charge on any atom is 0.318 e. The molecule has 1 aromatic carbocycles. The van der Waals surface area contributed by atoms with Crippen LogP contribution < -0.4 is 0 Å². The van der Waals surface area contributed by atoms with Crippen LogP contribution in [0.4, 0.5) is 0 Å². The number of para-hydroxylation sites is 1. The van der Waals surface area contributed by atoms with Crippen LogP contribution in [-0.2, 0) is 22.0 Å². The van der Waals surface area contributed by atoms with Crippen LogP contribution >= 0.6 is 0 Å². The zero-order valence-electron chi connectivity index (χ0n) is 11.5. The molecule has 1 heterocycles. The summed E-state index contributed by atoms with van der Waals surface area (Å²) in [5.74, 6) is -0.395. The van der Waals surface area contributed by atoms with Gasteiger partial charge in [0, 0.05) is 24.1 Å². The second-order valence-electron chi connectivity index (χ2n) is 4.88. The van der Waals surface area contributed by atoms with E-state index >= 15 is 0 Å². The largest absolute Gasteiger partial charge is 0.465 e. The van der Waals surface area contributed by atoms with Crippen molar-refractivity contribution in [3.05, 3.63) is 36.0 Å². The van der Waals surface area contributed by atoms with E-state index in [4.69, 9.17) is 4.74 Å². The van der Waals surface area contributed by atoms with E-state index in [9.17, 15) is 9.90 Å². The quantitative estimate of drug-likeness (QED) is 0.856. The molecule has 1 N–H and O–H groups in total. The highest BCUT2D eigenvalue weighted by Crippen LogP contribution is 2.32. The van der Waals surface area contributed by atoms with Crippen LogP contribution in [0.2, 0.25) is 0 Å². The molecule has 0 aliphatic rings. The highest BCUT2D eigenvalue weighted by atomic mass is 16.5. The van der Waals surface area contributed by atoms with Crippen molar-refractivity contribution in [2.75, 3.05) is 13.2 Å². The molecule has 1 aromatic heterocycles. The van der Waals surface area contributed by atoms with Crippen LogP contribution in [0.5, 0.6) is 0 Å². The summed E-state index contributed by atoms with van der Waals surface area (Å²) in [6, 6.07) is 7.82. The Morgan fingerprint density at radius 3 is 2.74 bits per heavy atom. The number of ether oxygens (including phenoxy) is 1. The number of aryl methyl sites for hydroxylation is 1. The lowest BCUT2D eigenvalue weighted by Crippen LogP contribution is -2.38. The SMILES string of the molecule is CCOC(=O)[C@](C)(CO)c1cn(C)c2ccccc12. The molecule has 0 amide bonds. The first-order valence-corrected chi connectivity index (χ1v) is 6.37. The molecule has 0 aliphatic heterocycles. The number of nitrogens with zero attached hydrogens (tertiary/aromatic N) is 1. The fourth-order valence-electron chi connectivity index (χ4n) is 2.33. The second kappa shape index (κ2) is 5.05. The number of aliphatic hydroxyl groups is 1. The van der Waals surface area contributed by atoms with E-state index in [1.807, 2.05) is 42.1 Å². The van der Waals surface area contributed by atoms with Gasteiger partial charge in [-0.2, -0.15) is 0 Å². The Hall–Kier alpha value is -1.81. The minimum atomic E-state index is -1.03. The van der Waals surface area contributed by atoms with Gasteiger partial charge in [-0.3, -0.25) is 4.79 Å². The zero-order chi connectivity index (χ0) is 14.0. The number of esters is 1. The van der Waals surface area contributed by atoms with E-state index in [1.54, 1.807) is 13.8 Å². The molecule has 1 atom stereocenters. The molecule has 0 aliphatic carbocycles. The van der Waals surface area contributed by atoms with Crippen LogP contribution in [-0.4, -0.2) is 28.9 Å². The standard InChI is InChI=1S/C15H19NO3/c1-4-19-14(18)15(2,10-17)12-9-16(3)13-8-6-5-7-11(12)13/h5-9,17H,4,10H2,1-3H3/t15-/m1/s1. The van der Waals surface area contributed by atoms with Gasteiger partial charge in [0.1, 0.15) is 5.41 Å². The maximum absolute atomic E-state index is 12.2. The van der Waals surface area contributed by atoms with Crippen molar-refractivity contribution in [2.24, 2.45) is 7.05 Å². The highest BCUT2D eigenvalue weighted by molar-refractivity contribution is 5.93. The molecule has 0 radical (unpaired) electrons. The Labute approximate surface area is 112 Å². The van der Waals surface area contributed by atoms with Gasteiger partial charge in [0.15, 0.2) is 0 Å². The number of fused-ring (bicyclic) bond motifs is 1. The topological polar surface area (TPSA) is 51.5 Å². The summed E-state index contributed by atoms with van der Waals surface area (Å²) in [5.41, 5.74) is 0.796. The first-order chi connectivity index (χ1) is 9.04. The third kappa shape index (κ3) is 2.12. The number of hydrogen-bond acceptors (Lipinski definition) is 3. The fraction of sp³-hybridized carbons (Fsp3) is 0.400. The van der Waals surface area contributed by atoms with E-state index in [0.717, 1.165) is 16.5 Å². The average molecular weight is 261 g/mol. The first kappa shape index (κ1) is 13.6. The molecular formula is C15H19NO3. The number of benzene rings is 1. The summed E-state index contributed by atoms with van der Waals surface area (Å²) in [5, 5.41) is 10.7. The third-order valence-electron chi connectivity index (χ3n) is 3.53. The maximum atomic E-state index is 12.2. The van der Waals surface area contributed by atoms with Gasteiger partial charge in [-0.05, 0) is 25.5 Å². The lowest BCUT2D eigenvalue weighted by atomic mass is 9.83. The third-order valence-corrected chi connectivity index (χ3v) is 3.53. The van der Waals surface area contributed by atoms with Crippen LogP contribution in [0, 0.1) is 0 Å². The minimum Gasteiger partial charge on any atom is -0.465 e. The molecule has 0 saturated heterocycles. The predicted molar refractivity (Wildman–Crippen MR) is 74.0 cm³/mol. The summed E-state index contributed by atoms with van der Waals surface area (Å²) in [6.45, 7) is 3.50. The van der Waals surface area contributed by atoms with Crippen molar-refractivity contribution >= 4 is 16.9 Å². The fourth-order valence-corrected chi connectivity index (χ4v) is 2.33. The molecule has 102 valence electrons. The van der Waals surface area contributed by atoms with Crippen molar-refractivity contribution in [1.82, 2.24) is 4.57 Å². The van der Waals surface area contributed by atoms with Gasteiger partial charge in [0.25, 0.3) is 0 Å². The zero-order valence-corrected chi connectivity index (χ0v) is 11.5. The van der Waals surface area contributed by atoms with E-state index in [1.165, 1.54) is 0 Å². The Balaban J connectivity index is 2.61. The summed E-state index contributed by atoms with van der Waals surface area (Å²) in [7, 11) is 1.93. The normalized spacial score (nSPS) is 14.3. The van der Waals surface area contributed by atoms with Crippen molar-refractivity contribution < 1.29 is 14.6 Å². The Morgan fingerprint density at radius 2 is 2.11 bits per heavy atom. The molecule has 0 bridgehead atoms. The molecule has 0 unspecified atom stereocenters. The van der Waals surface area contributed by atoms with E-state index in [-0.39, 0.29) is 6.61 Å².